The van der Waals surface area contributed by atoms with Gasteiger partial charge in [0.2, 0.25) is 5.91 Å². The van der Waals surface area contributed by atoms with Crippen LogP contribution in [0.4, 0.5) is 4.39 Å². The van der Waals surface area contributed by atoms with Crippen LogP contribution < -0.4 is 0 Å². The predicted molar refractivity (Wildman–Crippen MR) is 122 cm³/mol. The summed E-state index contributed by atoms with van der Waals surface area (Å²) in [5, 5.41) is 4.78. The molecule has 1 aliphatic heterocycles. The number of hydrogen-bond acceptors (Lipinski definition) is 4. The van der Waals surface area contributed by atoms with Crippen LogP contribution in [0, 0.1) is 5.82 Å². The predicted octanol–water partition coefficient (Wildman–Crippen LogP) is 3.87. The summed E-state index contributed by atoms with van der Waals surface area (Å²) in [6, 6.07) is 12.3. The Morgan fingerprint density at radius 2 is 2.00 bits per heavy atom. The van der Waals surface area contributed by atoms with Gasteiger partial charge in [0.05, 0.1) is 6.54 Å². The van der Waals surface area contributed by atoms with Crippen molar-refractivity contribution in [2.24, 2.45) is 0 Å². The number of rotatable bonds is 6. The van der Waals surface area contributed by atoms with Crippen LogP contribution in [0.25, 0.3) is 6.08 Å². The van der Waals surface area contributed by atoms with Crippen molar-refractivity contribution in [1.82, 2.24) is 24.6 Å². The second-order valence-electron chi connectivity index (χ2n) is 8.01. The molecule has 0 bridgehead atoms. The van der Waals surface area contributed by atoms with Crippen molar-refractivity contribution in [3.63, 3.8) is 0 Å². The van der Waals surface area contributed by atoms with Gasteiger partial charge < -0.3 is 4.90 Å². The second kappa shape index (κ2) is 10.1. The Morgan fingerprint density at radius 3 is 2.72 bits per heavy atom. The average molecular weight is 454 g/mol. The first-order valence-electron chi connectivity index (χ1n) is 10.5. The third-order valence-corrected chi connectivity index (χ3v) is 5.86. The molecule has 1 saturated heterocycles. The molecule has 1 atom stereocenters. The molecule has 166 valence electrons. The van der Waals surface area contributed by atoms with Crippen LogP contribution in [0.15, 0.2) is 61.2 Å². The molecule has 0 spiro atoms. The summed E-state index contributed by atoms with van der Waals surface area (Å²) in [6.45, 7) is 5.53. The van der Waals surface area contributed by atoms with Gasteiger partial charge in [-0.1, -0.05) is 29.8 Å². The Balaban J connectivity index is 1.38. The average Bonchev–Trinajstić information content (AvgIpc) is 3.28. The molecule has 1 fully saturated rings. The van der Waals surface area contributed by atoms with E-state index >= 15 is 0 Å². The number of carbonyl (C=O) groups excluding carboxylic acids is 1. The van der Waals surface area contributed by atoms with Crippen molar-refractivity contribution in [3.05, 3.63) is 88.7 Å². The molecular weight excluding hydrogens is 429 g/mol. The molecule has 6 nitrogen and oxygen atoms in total. The Bertz CT molecular complexity index is 1080. The zero-order chi connectivity index (χ0) is 22.5. The fourth-order valence-corrected chi connectivity index (χ4v) is 4.17. The van der Waals surface area contributed by atoms with E-state index in [9.17, 15) is 9.18 Å². The van der Waals surface area contributed by atoms with Gasteiger partial charge in [0.15, 0.2) is 0 Å². The standard InChI is InChI=1S/C24H25ClFN5O/c1-18-13-29(14-19-2-7-23(26)8-3-19)10-11-31(18)24(32)9-5-20-4-6-22(25)12-21(20)15-30-17-27-16-28-30/h2-9,12,16-18H,10-11,13-15H2,1H3. The van der Waals surface area contributed by atoms with Crippen LogP contribution in [0.1, 0.15) is 23.6 Å². The largest absolute Gasteiger partial charge is 0.334 e. The van der Waals surface area contributed by atoms with E-state index in [0.717, 1.165) is 36.3 Å². The molecule has 0 radical (unpaired) electrons. The maximum Gasteiger partial charge on any atom is 0.246 e. The molecule has 2 heterocycles. The summed E-state index contributed by atoms with van der Waals surface area (Å²) in [5.41, 5.74) is 2.95. The topological polar surface area (TPSA) is 54.3 Å². The van der Waals surface area contributed by atoms with E-state index in [4.69, 9.17) is 11.6 Å². The van der Waals surface area contributed by atoms with Crippen LogP contribution >= 0.6 is 11.6 Å². The molecule has 8 heteroatoms. The quantitative estimate of drug-likeness (QED) is 0.532. The monoisotopic (exact) mass is 453 g/mol. The van der Waals surface area contributed by atoms with Gasteiger partial charge in [0, 0.05) is 43.3 Å². The Hall–Kier alpha value is -3.03. The summed E-state index contributed by atoms with van der Waals surface area (Å²) < 4.78 is 14.8. The lowest BCUT2D eigenvalue weighted by Gasteiger charge is -2.39. The second-order valence-corrected chi connectivity index (χ2v) is 8.45. The van der Waals surface area contributed by atoms with Gasteiger partial charge in [-0.15, -0.1) is 0 Å². The summed E-state index contributed by atoms with van der Waals surface area (Å²) >= 11 is 6.17. The van der Waals surface area contributed by atoms with Crippen LogP contribution in [0.3, 0.4) is 0 Å². The van der Waals surface area contributed by atoms with Crippen molar-refractivity contribution in [2.75, 3.05) is 19.6 Å². The van der Waals surface area contributed by atoms with Gasteiger partial charge in [0.25, 0.3) is 0 Å². The van der Waals surface area contributed by atoms with Gasteiger partial charge >= 0.3 is 0 Å². The van der Waals surface area contributed by atoms with E-state index in [-0.39, 0.29) is 17.8 Å². The fourth-order valence-electron chi connectivity index (χ4n) is 3.97. The van der Waals surface area contributed by atoms with Crippen LogP contribution in [-0.4, -0.2) is 56.1 Å². The first kappa shape index (κ1) is 22.2. The molecule has 4 rings (SSSR count). The van der Waals surface area contributed by atoms with E-state index < -0.39 is 0 Å². The molecule has 1 aromatic heterocycles. The third-order valence-electron chi connectivity index (χ3n) is 5.62. The lowest BCUT2D eigenvalue weighted by Crippen LogP contribution is -2.53. The Morgan fingerprint density at radius 1 is 1.19 bits per heavy atom. The lowest BCUT2D eigenvalue weighted by atomic mass is 10.1. The van der Waals surface area contributed by atoms with Crippen molar-refractivity contribution in [2.45, 2.75) is 26.1 Å². The molecule has 2 aromatic carbocycles. The van der Waals surface area contributed by atoms with Gasteiger partial charge in [-0.25, -0.2) is 14.1 Å². The molecule has 1 aliphatic rings. The highest BCUT2D eigenvalue weighted by atomic mass is 35.5. The minimum atomic E-state index is -0.227. The van der Waals surface area contributed by atoms with E-state index in [0.29, 0.717) is 18.1 Å². The Labute approximate surface area is 191 Å². The number of halogens is 2. The number of amides is 1. The van der Waals surface area contributed by atoms with Crippen molar-refractivity contribution >= 4 is 23.6 Å². The zero-order valence-corrected chi connectivity index (χ0v) is 18.6. The fraction of sp³-hybridized carbons (Fsp3) is 0.292. The molecule has 0 N–H and O–H groups in total. The number of benzene rings is 2. The van der Waals surface area contributed by atoms with E-state index in [1.54, 1.807) is 17.1 Å². The number of aromatic nitrogens is 3. The maximum absolute atomic E-state index is 13.1. The van der Waals surface area contributed by atoms with E-state index in [2.05, 4.69) is 21.9 Å². The van der Waals surface area contributed by atoms with Crippen molar-refractivity contribution in [1.29, 1.82) is 0 Å². The third kappa shape index (κ3) is 5.60. The van der Waals surface area contributed by atoms with Gasteiger partial charge in [-0.3, -0.25) is 9.69 Å². The number of nitrogens with zero attached hydrogens (tertiary/aromatic N) is 5. The summed E-state index contributed by atoms with van der Waals surface area (Å²) in [7, 11) is 0. The first-order valence-corrected chi connectivity index (χ1v) is 10.9. The summed E-state index contributed by atoms with van der Waals surface area (Å²) in [4.78, 5) is 21.1. The molecule has 1 amide bonds. The van der Waals surface area contributed by atoms with Gasteiger partial charge in [0.1, 0.15) is 18.5 Å². The number of carbonyl (C=O) groups is 1. The van der Waals surface area contributed by atoms with Crippen molar-refractivity contribution < 1.29 is 9.18 Å². The zero-order valence-electron chi connectivity index (χ0n) is 17.9. The number of piperazine rings is 1. The summed E-state index contributed by atoms with van der Waals surface area (Å²) in [6.07, 6.45) is 6.59. The molecule has 1 unspecified atom stereocenters. The van der Waals surface area contributed by atoms with E-state index in [1.807, 2.05) is 41.3 Å². The van der Waals surface area contributed by atoms with Crippen molar-refractivity contribution in [3.8, 4) is 0 Å². The first-order chi connectivity index (χ1) is 15.5. The Kier molecular flexibility index (Phi) is 6.97. The van der Waals surface area contributed by atoms with Gasteiger partial charge in [-0.05, 0) is 54.0 Å². The molecule has 0 saturated carbocycles. The van der Waals surface area contributed by atoms with Crippen LogP contribution in [0.5, 0.6) is 0 Å². The molecule has 0 aliphatic carbocycles. The van der Waals surface area contributed by atoms with E-state index in [1.165, 1.54) is 18.5 Å². The molecule has 3 aromatic rings. The molecular formula is C24H25ClFN5O. The normalized spacial score (nSPS) is 17.2. The van der Waals surface area contributed by atoms with Crippen LogP contribution in [0.2, 0.25) is 5.02 Å². The summed E-state index contributed by atoms with van der Waals surface area (Å²) in [5.74, 6) is -0.241. The smallest absolute Gasteiger partial charge is 0.246 e. The SMILES string of the molecule is CC1CN(Cc2ccc(F)cc2)CCN1C(=O)C=Cc1ccc(Cl)cc1Cn1cncn1. The highest BCUT2D eigenvalue weighted by Gasteiger charge is 2.26. The lowest BCUT2D eigenvalue weighted by molar-refractivity contribution is -0.130. The van der Waals surface area contributed by atoms with Crippen LogP contribution in [-0.2, 0) is 17.9 Å². The highest BCUT2D eigenvalue weighted by molar-refractivity contribution is 6.30. The minimum absolute atomic E-state index is 0.0133. The number of hydrogen-bond donors (Lipinski definition) is 0. The maximum atomic E-state index is 13.1. The van der Waals surface area contributed by atoms with Gasteiger partial charge in [-0.2, -0.15) is 5.10 Å². The molecule has 32 heavy (non-hydrogen) atoms. The highest BCUT2D eigenvalue weighted by Crippen LogP contribution is 2.19. The minimum Gasteiger partial charge on any atom is -0.334 e.